The Balaban J connectivity index is 1.93. The molecule has 1 amide bonds. The molecule has 1 N–H and O–H groups in total. The largest absolute Gasteiger partial charge is 0.480 e. The normalized spacial score (nSPS) is 25.8. The lowest BCUT2D eigenvalue weighted by atomic mass is 10.1. The Hall–Kier alpha value is -1.01. The molecule has 4 nitrogen and oxygen atoms in total. The van der Waals surface area contributed by atoms with Crippen LogP contribution in [0.2, 0.25) is 0 Å². The molecular formula is C14H14BrNO3S. The van der Waals surface area contributed by atoms with Gasteiger partial charge in [0.25, 0.3) is 5.91 Å². The molecule has 2 atom stereocenters. The van der Waals surface area contributed by atoms with Gasteiger partial charge in [-0.3, -0.25) is 4.79 Å². The van der Waals surface area contributed by atoms with Gasteiger partial charge in [-0.25, -0.2) is 4.79 Å². The van der Waals surface area contributed by atoms with Gasteiger partial charge in [0.1, 0.15) is 6.04 Å². The number of nitrogens with zero attached hydrogens (tertiary/aromatic N) is 1. The zero-order valence-electron chi connectivity index (χ0n) is 10.7. The summed E-state index contributed by atoms with van der Waals surface area (Å²) in [5.74, 6) is -0.171. The summed E-state index contributed by atoms with van der Waals surface area (Å²) < 4.78 is 0.709. The summed E-state index contributed by atoms with van der Waals surface area (Å²) >= 11 is 4.97. The van der Waals surface area contributed by atoms with Gasteiger partial charge in [-0.2, -0.15) is 0 Å². The molecule has 1 aliphatic heterocycles. The van der Waals surface area contributed by atoms with Crippen molar-refractivity contribution < 1.29 is 14.7 Å². The molecule has 3 rings (SSSR count). The number of rotatable bonds is 3. The van der Waals surface area contributed by atoms with Crippen LogP contribution in [-0.4, -0.2) is 39.1 Å². The second-order valence-electron chi connectivity index (χ2n) is 5.11. The van der Waals surface area contributed by atoms with Crippen molar-refractivity contribution in [3.63, 3.8) is 0 Å². The van der Waals surface area contributed by atoms with Crippen molar-refractivity contribution in [2.45, 2.75) is 24.3 Å². The fraction of sp³-hybridized carbons (Fsp3) is 0.429. The van der Waals surface area contributed by atoms with Crippen LogP contribution in [-0.2, 0) is 4.79 Å². The van der Waals surface area contributed by atoms with Gasteiger partial charge >= 0.3 is 5.97 Å². The van der Waals surface area contributed by atoms with Crippen LogP contribution in [0.1, 0.15) is 23.2 Å². The molecule has 2 unspecified atom stereocenters. The molecule has 2 aliphatic rings. The van der Waals surface area contributed by atoms with Crippen LogP contribution >= 0.6 is 27.7 Å². The summed E-state index contributed by atoms with van der Waals surface area (Å²) in [7, 11) is 0. The number of carbonyl (C=O) groups is 2. The summed E-state index contributed by atoms with van der Waals surface area (Å²) in [6, 6.07) is 6.46. The number of amides is 1. The Morgan fingerprint density at radius 1 is 1.30 bits per heavy atom. The summed E-state index contributed by atoms with van der Waals surface area (Å²) in [6.07, 6.45) is 2.17. The van der Waals surface area contributed by atoms with Crippen molar-refractivity contribution in [3.05, 3.63) is 34.3 Å². The zero-order chi connectivity index (χ0) is 14.3. The first-order chi connectivity index (χ1) is 9.59. The molecule has 1 aromatic rings. The molecule has 1 heterocycles. The average molecular weight is 356 g/mol. The molecule has 1 saturated carbocycles. The van der Waals surface area contributed by atoms with Gasteiger partial charge in [-0.15, -0.1) is 11.8 Å². The van der Waals surface area contributed by atoms with Gasteiger partial charge in [-0.1, -0.05) is 12.1 Å². The van der Waals surface area contributed by atoms with E-state index in [1.54, 1.807) is 34.9 Å². The van der Waals surface area contributed by atoms with E-state index in [9.17, 15) is 14.7 Å². The standard InChI is InChI=1S/C14H14BrNO3S/c15-10-4-2-1-3-9(10)12(17)16-11(14(18)19)7-20-13(16)8-5-6-8/h1-4,8,11,13H,5-7H2,(H,18,19). The Morgan fingerprint density at radius 2 is 2.00 bits per heavy atom. The Morgan fingerprint density at radius 3 is 2.60 bits per heavy atom. The monoisotopic (exact) mass is 355 g/mol. The molecule has 1 saturated heterocycles. The molecule has 20 heavy (non-hydrogen) atoms. The molecule has 1 aliphatic carbocycles. The van der Waals surface area contributed by atoms with Gasteiger partial charge in [-0.05, 0) is 46.8 Å². The molecule has 0 aromatic heterocycles. The zero-order valence-corrected chi connectivity index (χ0v) is 13.1. The van der Waals surface area contributed by atoms with Crippen molar-refractivity contribution in [2.24, 2.45) is 5.92 Å². The first kappa shape index (κ1) is 13.9. The fourth-order valence-corrected chi connectivity index (χ4v) is 4.58. The third kappa shape index (κ3) is 2.46. The summed E-state index contributed by atoms with van der Waals surface area (Å²) in [5.41, 5.74) is 0.534. The number of benzene rings is 1. The van der Waals surface area contributed by atoms with Crippen molar-refractivity contribution >= 4 is 39.6 Å². The van der Waals surface area contributed by atoms with Crippen LogP contribution in [0, 0.1) is 5.92 Å². The van der Waals surface area contributed by atoms with Crippen LogP contribution in [0.3, 0.4) is 0 Å². The first-order valence-corrected chi connectivity index (χ1v) is 8.35. The number of halogens is 1. The topological polar surface area (TPSA) is 57.6 Å². The predicted octanol–water partition coefficient (Wildman–Crippen LogP) is 2.83. The number of thioether (sulfide) groups is 1. The van der Waals surface area contributed by atoms with E-state index in [4.69, 9.17) is 0 Å². The number of aliphatic carboxylic acids is 1. The maximum Gasteiger partial charge on any atom is 0.327 e. The molecule has 2 fully saturated rings. The van der Waals surface area contributed by atoms with Crippen LogP contribution in [0.5, 0.6) is 0 Å². The van der Waals surface area contributed by atoms with Crippen LogP contribution in [0.25, 0.3) is 0 Å². The first-order valence-electron chi connectivity index (χ1n) is 6.51. The van der Waals surface area contributed by atoms with Gasteiger partial charge in [0.2, 0.25) is 0 Å². The van der Waals surface area contributed by atoms with Crippen molar-refractivity contribution in [1.29, 1.82) is 0 Å². The van der Waals surface area contributed by atoms with E-state index in [2.05, 4.69) is 15.9 Å². The maximum atomic E-state index is 12.7. The lowest BCUT2D eigenvalue weighted by molar-refractivity contribution is -0.141. The molecular weight excluding hydrogens is 342 g/mol. The fourth-order valence-electron chi connectivity index (χ4n) is 2.49. The third-order valence-corrected chi connectivity index (χ3v) is 5.84. The molecule has 1 aromatic carbocycles. The van der Waals surface area contributed by atoms with Crippen LogP contribution in [0.4, 0.5) is 0 Å². The molecule has 0 bridgehead atoms. The highest BCUT2D eigenvalue weighted by atomic mass is 79.9. The SMILES string of the molecule is O=C(O)C1CSC(C2CC2)N1C(=O)c1ccccc1Br. The van der Waals surface area contributed by atoms with Gasteiger partial charge in [0.05, 0.1) is 10.9 Å². The Labute approximate surface area is 129 Å². The molecule has 106 valence electrons. The van der Waals surface area contributed by atoms with Crippen molar-refractivity contribution in [2.75, 3.05) is 5.75 Å². The van der Waals surface area contributed by atoms with E-state index in [0.717, 1.165) is 12.8 Å². The summed E-state index contributed by atoms with van der Waals surface area (Å²) in [5, 5.41) is 9.36. The highest BCUT2D eigenvalue weighted by molar-refractivity contribution is 9.10. The highest BCUT2D eigenvalue weighted by Gasteiger charge is 2.48. The van der Waals surface area contributed by atoms with Gasteiger partial charge < -0.3 is 10.0 Å². The highest BCUT2D eigenvalue weighted by Crippen LogP contribution is 2.46. The van der Waals surface area contributed by atoms with E-state index in [0.29, 0.717) is 21.7 Å². The summed E-state index contributed by atoms with van der Waals surface area (Å²) in [6.45, 7) is 0. The molecule has 0 radical (unpaired) electrons. The Bertz CT molecular complexity index is 561. The van der Waals surface area contributed by atoms with Crippen LogP contribution in [0.15, 0.2) is 28.7 Å². The molecule has 0 spiro atoms. The minimum absolute atomic E-state index is 0.00991. The van der Waals surface area contributed by atoms with E-state index in [-0.39, 0.29) is 11.3 Å². The Kier molecular flexibility index (Phi) is 3.77. The average Bonchev–Trinajstić information content (AvgIpc) is 3.17. The van der Waals surface area contributed by atoms with E-state index >= 15 is 0 Å². The van der Waals surface area contributed by atoms with Crippen molar-refractivity contribution in [3.8, 4) is 0 Å². The summed E-state index contributed by atoms with van der Waals surface area (Å²) in [4.78, 5) is 25.7. The smallest absolute Gasteiger partial charge is 0.327 e. The van der Waals surface area contributed by atoms with Gasteiger partial charge in [0.15, 0.2) is 0 Å². The molecule has 6 heteroatoms. The number of carbonyl (C=O) groups excluding carboxylic acids is 1. The minimum atomic E-state index is -0.916. The van der Waals surface area contributed by atoms with Crippen molar-refractivity contribution in [1.82, 2.24) is 4.90 Å². The van der Waals surface area contributed by atoms with E-state index < -0.39 is 12.0 Å². The van der Waals surface area contributed by atoms with Gasteiger partial charge in [0, 0.05) is 10.2 Å². The predicted molar refractivity (Wildman–Crippen MR) is 80.7 cm³/mol. The number of hydrogen-bond donors (Lipinski definition) is 1. The quantitative estimate of drug-likeness (QED) is 0.905. The number of carboxylic acids is 1. The second kappa shape index (κ2) is 5.41. The third-order valence-electron chi connectivity index (χ3n) is 3.68. The van der Waals surface area contributed by atoms with E-state index in [1.165, 1.54) is 0 Å². The lowest BCUT2D eigenvalue weighted by Gasteiger charge is -2.27. The minimum Gasteiger partial charge on any atom is -0.480 e. The maximum absolute atomic E-state index is 12.7. The lowest BCUT2D eigenvalue weighted by Crippen LogP contribution is -2.46. The second-order valence-corrected chi connectivity index (χ2v) is 7.11. The number of hydrogen-bond acceptors (Lipinski definition) is 3. The van der Waals surface area contributed by atoms with E-state index in [1.807, 2.05) is 6.07 Å². The van der Waals surface area contributed by atoms with Crippen LogP contribution < -0.4 is 0 Å². The number of carboxylic acid groups (broad SMARTS) is 1.